The normalized spacial score (nSPS) is 10.6. The summed E-state index contributed by atoms with van der Waals surface area (Å²) in [7, 11) is 0. The minimum atomic E-state index is -0.187. The van der Waals surface area contributed by atoms with Crippen molar-refractivity contribution in [2.75, 3.05) is 6.61 Å². The SMILES string of the molecule is CC(C)COc1coc(CCl)cc1=O. The van der Waals surface area contributed by atoms with Crippen molar-refractivity contribution in [1.82, 2.24) is 0 Å². The van der Waals surface area contributed by atoms with Gasteiger partial charge in [-0.25, -0.2) is 0 Å². The molecule has 1 heterocycles. The summed E-state index contributed by atoms with van der Waals surface area (Å²) in [5.41, 5.74) is -0.187. The van der Waals surface area contributed by atoms with Crippen molar-refractivity contribution in [1.29, 1.82) is 0 Å². The fourth-order valence-corrected chi connectivity index (χ4v) is 1.01. The lowest BCUT2D eigenvalue weighted by atomic mass is 10.2. The molecule has 0 spiro atoms. The standard InChI is InChI=1S/C10H13ClO3/c1-7(2)5-14-10-6-13-8(4-11)3-9(10)12/h3,6-7H,4-5H2,1-2H3. The molecule has 0 bridgehead atoms. The molecule has 0 N–H and O–H groups in total. The minimum absolute atomic E-state index is 0.187. The van der Waals surface area contributed by atoms with Gasteiger partial charge in [0.2, 0.25) is 11.2 Å². The van der Waals surface area contributed by atoms with Crippen LogP contribution >= 0.6 is 11.6 Å². The lowest BCUT2D eigenvalue weighted by molar-refractivity contribution is 0.260. The number of rotatable bonds is 4. The molecule has 0 unspecified atom stereocenters. The van der Waals surface area contributed by atoms with Crippen LogP contribution in [0.5, 0.6) is 5.75 Å². The molecule has 3 nitrogen and oxygen atoms in total. The Bertz CT molecular complexity index is 343. The molecule has 0 amide bonds. The van der Waals surface area contributed by atoms with Crippen molar-refractivity contribution >= 4 is 11.6 Å². The first kappa shape index (κ1) is 11.1. The number of halogens is 1. The predicted octanol–water partition coefficient (Wildman–Crippen LogP) is 2.41. The van der Waals surface area contributed by atoms with Gasteiger partial charge < -0.3 is 9.15 Å². The van der Waals surface area contributed by atoms with Crippen LogP contribution in [0.4, 0.5) is 0 Å². The average molecular weight is 217 g/mol. The van der Waals surface area contributed by atoms with Gasteiger partial charge in [0.1, 0.15) is 12.0 Å². The van der Waals surface area contributed by atoms with Crippen molar-refractivity contribution in [2.45, 2.75) is 19.7 Å². The minimum Gasteiger partial charge on any atom is -0.486 e. The smallest absolute Gasteiger partial charge is 0.227 e. The molecule has 0 aliphatic carbocycles. The van der Waals surface area contributed by atoms with Crippen LogP contribution in [-0.2, 0) is 5.88 Å². The molecule has 1 aromatic rings. The maximum atomic E-state index is 11.4. The second kappa shape index (κ2) is 5.05. The molecule has 4 heteroatoms. The van der Waals surface area contributed by atoms with Crippen LogP contribution in [-0.4, -0.2) is 6.61 Å². The Balaban J connectivity index is 2.74. The Morgan fingerprint density at radius 3 is 2.79 bits per heavy atom. The van der Waals surface area contributed by atoms with Crippen molar-refractivity contribution < 1.29 is 9.15 Å². The first-order chi connectivity index (χ1) is 6.63. The van der Waals surface area contributed by atoms with Crippen molar-refractivity contribution in [3.05, 3.63) is 28.3 Å². The summed E-state index contributed by atoms with van der Waals surface area (Å²) in [6.45, 7) is 4.52. The molecule has 0 aliphatic rings. The number of alkyl halides is 1. The van der Waals surface area contributed by atoms with E-state index >= 15 is 0 Å². The fraction of sp³-hybridized carbons (Fsp3) is 0.500. The van der Waals surface area contributed by atoms with Crippen molar-refractivity contribution in [3.63, 3.8) is 0 Å². The first-order valence-corrected chi connectivity index (χ1v) is 4.97. The highest BCUT2D eigenvalue weighted by Gasteiger charge is 2.04. The zero-order valence-corrected chi connectivity index (χ0v) is 9.00. The summed E-state index contributed by atoms with van der Waals surface area (Å²) in [4.78, 5) is 11.4. The Morgan fingerprint density at radius 2 is 2.29 bits per heavy atom. The number of ether oxygens (including phenoxy) is 1. The number of hydrogen-bond acceptors (Lipinski definition) is 3. The molecule has 0 saturated carbocycles. The fourth-order valence-electron chi connectivity index (χ4n) is 0.870. The van der Waals surface area contributed by atoms with E-state index in [0.29, 0.717) is 18.3 Å². The van der Waals surface area contributed by atoms with Crippen LogP contribution < -0.4 is 10.2 Å². The van der Waals surface area contributed by atoms with Crippen LogP contribution in [0, 0.1) is 5.92 Å². The van der Waals surface area contributed by atoms with E-state index in [0.717, 1.165) is 0 Å². The van der Waals surface area contributed by atoms with Gasteiger partial charge >= 0.3 is 0 Å². The highest BCUT2D eigenvalue weighted by atomic mass is 35.5. The van der Waals surface area contributed by atoms with E-state index in [9.17, 15) is 4.79 Å². The Hall–Kier alpha value is -0.960. The molecule has 0 radical (unpaired) electrons. The van der Waals surface area contributed by atoms with E-state index in [-0.39, 0.29) is 17.1 Å². The van der Waals surface area contributed by atoms with Gasteiger partial charge in [0, 0.05) is 6.07 Å². The summed E-state index contributed by atoms with van der Waals surface area (Å²) >= 11 is 5.51. The average Bonchev–Trinajstić information content (AvgIpc) is 2.15. The predicted molar refractivity (Wildman–Crippen MR) is 54.9 cm³/mol. The molecular formula is C10H13ClO3. The zero-order valence-electron chi connectivity index (χ0n) is 8.25. The summed E-state index contributed by atoms with van der Waals surface area (Å²) in [5.74, 6) is 1.27. The van der Waals surface area contributed by atoms with Crippen molar-refractivity contribution in [2.24, 2.45) is 5.92 Å². The Morgan fingerprint density at radius 1 is 1.57 bits per heavy atom. The number of hydrogen-bond donors (Lipinski definition) is 0. The van der Waals surface area contributed by atoms with E-state index in [2.05, 4.69) is 0 Å². The van der Waals surface area contributed by atoms with Gasteiger partial charge in [-0.05, 0) is 5.92 Å². The van der Waals surface area contributed by atoms with Crippen LogP contribution in [0.3, 0.4) is 0 Å². The first-order valence-electron chi connectivity index (χ1n) is 4.44. The molecular weight excluding hydrogens is 204 g/mol. The third kappa shape index (κ3) is 3.07. The van der Waals surface area contributed by atoms with Gasteiger partial charge in [0.25, 0.3) is 0 Å². The molecule has 0 aromatic carbocycles. The van der Waals surface area contributed by atoms with Crippen LogP contribution in [0.15, 0.2) is 21.5 Å². The Labute approximate surface area is 87.6 Å². The van der Waals surface area contributed by atoms with E-state index in [1.807, 2.05) is 13.8 Å². The molecule has 1 aromatic heterocycles. The summed E-state index contributed by atoms with van der Waals surface area (Å²) < 4.78 is 10.3. The molecule has 0 atom stereocenters. The highest BCUT2D eigenvalue weighted by molar-refractivity contribution is 6.16. The topological polar surface area (TPSA) is 39.4 Å². The maximum Gasteiger partial charge on any atom is 0.227 e. The van der Waals surface area contributed by atoms with Gasteiger partial charge in [0.05, 0.1) is 12.5 Å². The highest BCUT2D eigenvalue weighted by Crippen LogP contribution is 2.08. The lowest BCUT2D eigenvalue weighted by Gasteiger charge is -2.06. The lowest BCUT2D eigenvalue weighted by Crippen LogP contribution is -2.11. The van der Waals surface area contributed by atoms with E-state index < -0.39 is 0 Å². The monoisotopic (exact) mass is 216 g/mol. The molecule has 1 rings (SSSR count). The second-order valence-electron chi connectivity index (χ2n) is 3.41. The van der Waals surface area contributed by atoms with Gasteiger partial charge in [-0.1, -0.05) is 13.8 Å². The second-order valence-corrected chi connectivity index (χ2v) is 3.68. The Kier molecular flexibility index (Phi) is 4.01. The van der Waals surface area contributed by atoms with Gasteiger partial charge in [-0.2, -0.15) is 0 Å². The van der Waals surface area contributed by atoms with Crippen LogP contribution in [0.2, 0.25) is 0 Å². The van der Waals surface area contributed by atoms with Gasteiger partial charge in [0.15, 0.2) is 0 Å². The molecule has 78 valence electrons. The van der Waals surface area contributed by atoms with E-state index in [4.69, 9.17) is 20.8 Å². The van der Waals surface area contributed by atoms with Crippen LogP contribution in [0.1, 0.15) is 19.6 Å². The van der Waals surface area contributed by atoms with E-state index in [1.165, 1.54) is 12.3 Å². The molecule has 14 heavy (non-hydrogen) atoms. The van der Waals surface area contributed by atoms with Crippen molar-refractivity contribution in [3.8, 4) is 5.75 Å². The third-order valence-corrected chi connectivity index (χ3v) is 1.82. The third-order valence-electron chi connectivity index (χ3n) is 1.56. The summed E-state index contributed by atoms with van der Waals surface area (Å²) in [6.07, 6.45) is 1.31. The van der Waals surface area contributed by atoms with Crippen LogP contribution in [0.25, 0.3) is 0 Å². The van der Waals surface area contributed by atoms with E-state index in [1.54, 1.807) is 0 Å². The molecule has 0 aliphatic heterocycles. The summed E-state index contributed by atoms with van der Waals surface area (Å²) in [6, 6.07) is 1.35. The quantitative estimate of drug-likeness (QED) is 0.726. The van der Waals surface area contributed by atoms with Gasteiger partial charge in [-0.3, -0.25) is 4.79 Å². The molecule has 0 saturated heterocycles. The van der Waals surface area contributed by atoms with Gasteiger partial charge in [-0.15, -0.1) is 11.6 Å². The maximum absolute atomic E-state index is 11.4. The summed E-state index contributed by atoms with van der Waals surface area (Å²) in [5, 5.41) is 0. The molecule has 0 fully saturated rings. The largest absolute Gasteiger partial charge is 0.486 e. The zero-order chi connectivity index (χ0) is 10.6.